The van der Waals surface area contributed by atoms with E-state index < -0.39 is 9.84 Å². The van der Waals surface area contributed by atoms with Crippen molar-refractivity contribution in [3.05, 3.63) is 65.9 Å². The molecule has 3 aromatic heterocycles. The zero-order valence-electron chi connectivity index (χ0n) is 19.7. The molecule has 8 nitrogen and oxygen atoms in total. The molecule has 0 N–H and O–H groups in total. The highest BCUT2D eigenvalue weighted by Crippen LogP contribution is 2.30. The fourth-order valence-electron chi connectivity index (χ4n) is 4.49. The molecular formula is C25H29N5O3S. The third-order valence-corrected chi connectivity index (χ3v) is 7.63. The predicted molar refractivity (Wildman–Crippen MR) is 131 cm³/mol. The van der Waals surface area contributed by atoms with Crippen molar-refractivity contribution in [1.82, 2.24) is 19.7 Å². The Morgan fingerprint density at radius 3 is 2.56 bits per heavy atom. The van der Waals surface area contributed by atoms with Crippen LogP contribution in [-0.4, -0.2) is 47.5 Å². The van der Waals surface area contributed by atoms with Gasteiger partial charge in [-0.25, -0.2) is 8.42 Å². The number of hydrogen-bond donors (Lipinski definition) is 0. The van der Waals surface area contributed by atoms with Crippen LogP contribution in [0.5, 0.6) is 0 Å². The van der Waals surface area contributed by atoms with Crippen LogP contribution in [-0.2, 0) is 16.4 Å². The van der Waals surface area contributed by atoms with Gasteiger partial charge >= 0.3 is 0 Å². The van der Waals surface area contributed by atoms with Crippen LogP contribution in [0.1, 0.15) is 55.7 Å². The summed E-state index contributed by atoms with van der Waals surface area (Å²) in [6.07, 6.45) is 7.25. The molecule has 178 valence electrons. The minimum absolute atomic E-state index is 0.234. The van der Waals surface area contributed by atoms with Crippen molar-refractivity contribution in [3.8, 4) is 0 Å². The number of pyridine rings is 1. The van der Waals surface area contributed by atoms with E-state index in [1.54, 1.807) is 12.1 Å². The maximum Gasteiger partial charge on any atom is 0.266 e. The third kappa shape index (κ3) is 4.57. The number of anilines is 1. The second-order valence-corrected chi connectivity index (χ2v) is 11.4. The number of piperidine rings is 1. The van der Waals surface area contributed by atoms with Gasteiger partial charge in [-0.05, 0) is 59.8 Å². The van der Waals surface area contributed by atoms with Crippen molar-refractivity contribution >= 4 is 26.7 Å². The van der Waals surface area contributed by atoms with Gasteiger partial charge in [0.2, 0.25) is 5.89 Å². The van der Waals surface area contributed by atoms with Gasteiger partial charge in [0.25, 0.3) is 5.95 Å². The van der Waals surface area contributed by atoms with E-state index in [0.29, 0.717) is 29.2 Å². The first kappa shape index (κ1) is 22.6. The average molecular weight is 480 g/mol. The Balaban J connectivity index is 1.23. The molecule has 0 spiro atoms. The summed E-state index contributed by atoms with van der Waals surface area (Å²) in [5, 5.41) is 5.05. The molecule has 0 amide bonds. The number of benzene rings is 1. The van der Waals surface area contributed by atoms with E-state index in [0.717, 1.165) is 42.5 Å². The lowest BCUT2D eigenvalue weighted by atomic mass is 9.90. The number of hydrogen-bond acceptors (Lipinski definition) is 7. The van der Waals surface area contributed by atoms with E-state index in [2.05, 4.69) is 31.7 Å². The van der Waals surface area contributed by atoms with Crippen LogP contribution in [0.25, 0.3) is 10.9 Å². The highest BCUT2D eigenvalue weighted by molar-refractivity contribution is 7.90. The van der Waals surface area contributed by atoms with Gasteiger partial charge in [0, 0.05) is 48.6 Å². The van der Waals surface area contributed by atoms with Crippen LogP contribution in [0.3, 0.4) is 0 Å². The SMILES string of the molecule is CC(C)c1nc(N2CCC(c3ccc(Cn4ccc5cc(S(C)(=O)=O)ccc54)nc3)CC2)no1. The predicted octanol–water partition coefficient (Wildman–Crippen LogP) is 4.38. The molecule has 0 bridgehead atoms. The highest BCUT2D eigenvalue weighted by Gasteiger charge is 2.24. The van der Waals surface area contributed by atoms with Crippen molar-refractivity contribution in [3.63, 3.8) is 0 Å². The summed E-state index contributed by atoms with van der Waals surface area (Å²) in [7, 11) is -3.22. The molecule has 34 heavy (non-hydrogen) atoms. The Morgan fingerprint density at radius 2 is 1.91 bits per heavy atom. The molecular weight excluding hydrogens is 450 g/mol. The van der Waals surface area contributed by atoms with Crippen LogP contribution in [0.2, 0.25) is 0 Å². The molecule has 0 unspecified atom stereocenters. The third-order valence-electron chi connectivity index (χ3n) is 6.52. The first-order chi connectivity index (χ1) is 16.3. The minimum atomic E-state index is -3.22. The quantitative estimate of drug-likeness (QED) is 0.405. The molecule has 0 radical (unpaired) electrons. The molecule has 4 heterocycles. The summed E-state index contributed by atoms with van der Waals surface area (Å²) < 4.78 is 31.1. The van der Waals surface area contributed by atoms with Gasteiger partial charge in [0.1, 0.15) is 0 Å². The number of fused-ring (bicyclic) bond motifs is 1. The zero-order chi connectivity index (χ0) is 23.9. The normalized spacial score (nSPS) is 15.5. The van der Waals surface area contributed by atoms with Crippen molar-refractivity contribution in [2.24, 2.45) is 0 Å². The highest BCUT2D eigenvalue weighted by atomic mass is 32.2. The van der Waals surface area contributed by atoms with Crippen molar-refractivity contribution in [2.45, 2.75) is 50.0 Å². The Labute approximate surface area is 199 Å². The van der Waals surface area contributed by atoms with Crippen molar-refractivity contribution in [2.75, 3.05) is 24.2 Å². The molecule has 9 heteroatoms. The van der Waals surface area contributed by atoms with Crippen molar-refractivity contribution in [1.29, 1.82) is 0 Å². The van der Waals surface area contributed by atoms with E-state index in [1.165, 1.54) is 11.8 Å². The lowest BCUT2D eigenvalue weighted by molar-refractivity contribution is 0.363. The van der Waals surface area contributed by atoms with Crippen LogP contribution >= 0.6 is 0 Å². The summed E-state index contributed by atoms with van der Waals surface area (Å²) in [4.78, 5) is 11.8. The Hall–Kier alpha value is -3.20. The molecule has 1 saturated heterocycles. The Kier molecular flexibility index (Phi) is 5.89. The van der Waals surface area contributed by atoms with Crippen LogP contribution in [0.4, 0.5) is 5.95 Å². The van der Waals surface area contributed by atoms with E-state index in [1.807, 2.05) is 38.4 Å². The second kappa shape index (κ2) is 8.87. The molecule has 1 fully saturated rings. The molecule has 1 aliphatic rings. The maximum absolute atomic E-state index is 11.8. The van der Waals surface area contributed by atoms with Crippen LogP contribution in [0, 0.1) is 0 Å². The topological polar surface area (TPSA) is 94.1 Å². The van der Waals surface area contributed by atoms with E-state index in [9.17, 15) is 8.42 Å². The zero-order valence-corrected chi connectivity index (χ0v) is 20.5. The van der Waals surface area contributed by atoms with Gasteiger partial charge in [0.15, 0.2) is 9.84 Å². The first-order valence-electron chi connectivity index (χ1n) is 11.6. The van der Waals surface area contributed by atoms with Gasteiger partial charge in [-0.15, -0.1) is 0 Å². The number of sulfone groups is 1. The number of aromatic nitrogens is 4. The van der Waals surface area contributed by atoms with Crippen LogP contribution in [0.15, 0.2) is 58.2 Å². The summed E-state index contributed by atoms with van der Waals surface area (Å²) in [5.74, 6) is 2.08. The first-order valence-corrected chi connectivity index (χ1v) is 13.5. The molecule has 0 saturated carbocycles. The van der Waals surface area contributed by atoms with Crippen molar-refractivity contribution < 1.29 is 12.9 Å². The smallest absolute Gasteiger partial charge is 0.266 e. The standard InChI is InChI=1S/C25H29N5O3S/c1-17(2)24-27-25(28-33-24)29-11-8-18(9-12-29)20-4-5-21(26-15-20)16-30-13-10-19-14-22(34(3,31)32)6-7-23(19)30/h4-7,10,13-15,17-18H,8-9,11-12,16H2,1-3H3. The summed E-state index contributed by atoms with van der Waals surface area (Å²) in [6, 6.07) is 11.5. The lowest BCUT2D eigenvalue weighted by Crippen LogP contribution is -2.33. The Bertz CT molecular complexity index is 1400. The van der Waals surface area contributed by atoms with E-state index in [-0.39, 0.29) is 5.92 Å². The van der Waals surface area contributed by atoms with E-state index >= 15 is 0 Å². The maximum atomic E-state index is 11.8. The molecule has 1 aliphatic heterocycles. The van der Waals surface area contributed by atoms with Crippen LogP contribution < -0.4 is 4.90 Å². The monoisotopic (exact) mass is 479 g/mol. The molecule has 0 aliphatic carbocycles. The van der Waals surface area contributed by atoms with Gasteiger partial charge in [0.05, 0.1) is 17.1 Å². The van der Waals surface area contributed by atoms with Gasteiger partial charge in [-0.3, -0.25) is 4.98 Å². The fraction of sp³-hybridized carbons (Fsp3) is 0.400. The largest absolute Gasteiger partial charge is 0.341 e. The molecule has 0 atom stereocenters. The Morgan fingerprint density at radius 1 is 1.12 bits per heavy atom. The summed E-state index contributed by atoms with van der Waals surface area (Å²) in [5.41, 5.74) is 3.22. The van der Waals surface area contributed by atoms with Gasteiger partial charge < -0.3 is 14.0 Å². The molecule has 4 aromatic rings. The number of rotatable bonds is 6. The minimum Gasteiger partial charge on any atom is -0.341 e. The fourth-order valence-corrected chi connectivity index (χ4v) is 5.15. The average Bonchev–Trinajstić information content (AvgIpc) is 3.47. The van der Waals surface area contributed by atoms with Gasteiger partial charge in [-0.2, -0.15) is 4.98 Å². The summed E-state index contributed by atoms with van der Waals surface area (Å²) in [6.45, 7) is 6.53. The molecule has 1 aromatic carbocycles. The second-order valence-electron chi connectivity index (χ2n) is 9.37. The molecule has 5 rings (SSSR count). The lowest BCUT2D eigenvalue weighted by Gasteiger charge is -2.31. The number of nitrogens with zero attached hydrogens (tertiary/aromatic N) is 5. The summed E-state index contributed by atoms with van der Waals surface area (Å²) >= 11 is 0. The van der Waals surface area contributed by atoms with E-state index in [4.69, 9.17) is 9.51 Å². The van der Waals surface area contributed by atoms with Gasteiger partial charge in [-0.1, -0.05) is 19.9 Å².